The molecule has 1 aromatic rings. The van der Waals surface area contributed by atoms with Crippen molar-refractivity contribution in [3.05, 3.63) is 46.1 Å². The van der Waals surface area contributed by atoms with Crippen LogP contribution in [0.15, 0.2) is 40.5 Å². The molecule has 5 nitrogen and oxygen atoms in total. The molecule has 19 heavy (non-hydrogen) atoms. The molecule has 0 spiro atoms. The fraction of sp³-hybridized carbons (Fsp3) is 0.231. The average Bonchev–Trinajstić information content (AvgIpc) is 2.38. The van der Waals surface area contributed by atoms with Crippen LogP contribution < -0.4 is 16.6 Å². The van der Waals surface area contributed by atoms with Crippen molar-refractivity contribution in [2.24, 2.45) is 10.8 Å². The van der Waals surface area contributed by atoms with Gasteiger partial charge in [-0.2, -0.15) is 0 Å². The Morgan fingerprint density at radius 2 is 2.05 bits per heavy atom. The molecule has 0 saturated carbocycles. The molecule has 1 heterocycles. The Hall–Kier alpha value is -1.85. The van der Waals surface area contributed by atoms with E-state index in [9.17, 15) is 4.79 Å². The van der Waals surface area contributed by atoms with E-state index < -0.39 is 0 Å². The number of nitrogens with two attached hydrogens (primary N) is 1. The number of halogens is 1. The molecule has 4 N–H and O–H groups in total. The Balaban J connectivity index is 2.48. The third-order valence-corrected chi connectivity index (χ3v) is 3.20. The molecule has 0 saturated heterocycles. The van der Waals surface area contributed by atoms with Gasteiger partial charge in [0.15, 0.2) is 5.78 Å². The lowest BCUT2D eigenvalue weighted by Gasteiger charge is -2.25. The van der Waals surface area contributed by atoms with Gasteiger partial charge in [0.1, 0.15) is 6.04 Å². The maximum absolute atomic E-state index is 11.8. The zero-order valence-corrected chi connectivity index (χ0v) is 11.5. The summed E-state index contributed by atoms with van der Waals surface area (Å²) in [5.74, 6) is 5.79. The van der Waals surface area contributed by atoms with Crippen molar-refractivity contribution in [2.75, 3.05) is 0 Å². The van der Waals surface area contributed by atoms with Crippen LogP contribution in [0.5, 0.6) is 0 Å². The molecule has 0 radical (unpaired) electrons. The van der Waals surface area contributed by atoms with Gasteiger partial charge in [0.2, 0.25) is 5.96 Å². The molecule has 0 fully saturated rings. The van der Waals surface area contributed by atoms with E-state index in [4.69, 9.17) is 17.4 Å². The quantitative estimate of drug-likeness (QED) is 0.568. The van der Waals surface area contributed by atoms with Crippen LogP contribution >= 0.6 is 11.6 Å². The Kier molecular flexibility index (Phi) is 3.87. The lowest BCUT2D eigenvalue weighted by Crippen LogP contribution is -2.44. The fourth-order valence-electron chi connectivity index (χ4n) is 2.09. The third-order valence-electron chi connectivity index (χ3n) is 2.94. The minimum absolute atomic E-state index is 0.0234. The van der Waals surface area contributed by atoms with E-state index in [0.717, 1.165) is 11.3 Å². The van der Waals surface area contributed by atoms with Crippen LogP contribution in [-0.2, 0) is 4.79 Å². The van der Waals surface area contributed by atoms with E-state index in [1.54, 1.807) is 12.1 Å². The zero-order valence-electron chi connectivity index (χ0n) is 10.7. The number of carbonyl (C=O) groups excluding carboxylic acids is 1. The first-order valence-corrected chi connectivity index (χ1v) is 6.19. The predicted octanol–water partition coefficient (Wildman–Crippen LogP) is 1.67. The molecule has 1 aromatic carbocycles. The average molecular weight is 279 g/mol. The molecular weight excluding hydrogens is 264 g/mol. The number of carbonyl (C=O) groups is 1. The molecule has 100 valence electrons. The Morgan fingerprint density at radius 3 is 2.58 bits per heavy atom. The molecule has 0 amide bonds. The second-order valence-corrected chi connectivity index (χ2v) is 4.73. The second kappa shape index (κ2) is 5.42. The van der Waals surface area contributed by atoms with E-state index in [2.05, 4.69) is 15.7 Å². The molecule has 1 aliphatic heterocycles. The number of hydrogen-bond donors (Lipinski definition) is 3. The molecule has 1 atom stereocenters. The smallest absolute Gasteiger partial charge is 0.210 e. The van der Waals surface area contributed by atoms with Gasteiger partial charge in [-0.3, -0.25) is 10.2 Å². The van der Waals surface area contributed by atoms with Crippen LogP contribution in [0.4, 0.5) is 0 Å². The number of guanidine groups is 1. The SMILES string of the molecule is CC(=O)C1=C(C)NC(NN)=NC1c1ccc(Cl)cc1. The number of ketones is 1. The van der Waals surface area contributed by atoms with Gasteiger partial charge >= 0.3 is 0 Å². The Bertz CT molecular complexity index is 563. The van der Waals surface area contributed by atoms with Crippen molar-refractivity contribution in [2.45, 2.75) is 19.9 Å². The van der Waals surface area contributed by atoms with Gasteiger partial charge in [0.05, 0.1) is 0 Å². The maximum Gasteiger partial charge on any atom is 0.210 e. The molecule has 1 unspecified atom stereocenters. The van der Waals surface area contributed by atoms with E-state index in [0.29, 0.717) is 16.6 Å². The van der Waals surface area contributed by atoms with Gasteiger partial charge in [0.25, 0.3) is 0 Å². The van der Waals surface area contributed by atoms with Gasteiger partial charge in [-0.25, -0.2) is 10.8 Å². The first-order chi connectivity index (χ1) is 9.02. The molecule has 0 bridgehead atoms. The van der Waals surface area contributed by atoms with Crippen molar-refractivity contribution in [3.8, 4) is 0 Å². The van der Waals surface area contributed by atoms with Crippen LogP contribution in [-0.4, -0.2) is 11.7 Å². The van der Waals surface area contributed by atoms with Crippen LogP contribution in [0.3, 0.4) is 0 Å². The number of hydrazine groups is 1. The molecule has 2 rings (SSSR count). The topological polar surface area (TPSA) is 79.5 Å². The first kappa shape index (κ1) is 13.6. The number of allylic oxidation sites excluding steroid dienone is 1. The number of hydrogen-bond acceptors (Lipinski definition) is 5. The highest BCUT2D eigenvalue weighted by molar-refractivity contribution is 6.30. The predicted molar refractivity (Wildman–Crippen MR) is 75.5 cm³/mol. The first-order valence-electron chi connectivity index (χ1n) is 5.81. The lowest BCUT2D eigenvalue weighted by molar-refractivity contribution is -0.114. The van der Waals surface area contributed by atoms with Crippen molar-refractivity contribution in [1.82, 2.24) is 10.7 Å². The lowest BCUT2D eigenvalue weighted by atomic mass is 9.94. The van der Waals surface area contributed by atoms with Crippen molar-refractivity contribution >= 4 is 23.3 Å². The minimum atomic E-state index is -0.373. The molecule has 6 heteroatoms. The standard InChI is InChI=1S/C13H15ClN4O/c1-7-11(8(2)19)12(17-13(16-7)18-15)9-3-5-10(14)6-4-9/h3-6,12H,15H2,1-2H3,(H2,16,17,18). The molecule has 0 aliphatic carbocycles. The summed E-state index contributed by atoms with van der Waals surface area (Å²) >= 11 is 5.87. The van der Waals surface area contributed by atoms with Crippen LogP contribution in [0.1, 0.15) is 25.5 Å². The molecule has 0 aromatic heterocycles. The van der Waals surface area contributed by atoms with Gasteiger partial charge < -0.3 is 5.32 Å². The van der Waals surface area contributed by atoms with Crippen molar-refractivity contribution < 1.29 is 4.79 Å². The number of benzene rings is 1. The van der Waals surface area contributed by atoms with Crippen LogP contribution in [0.25, 0.3) is 0 Å². The monoisotopic (exact) mass is 278 g/mol. The summed E-state index contributed by atoms with van der Waals surface area (Å²) in [6.07, 6.45) is 0. The maximum atomic E-state index is 11.8. The summed E-state index contributed by atoms with van der Waals surface area (Å²) in [5, 5.41) is 3.60. The van der Waals surface area contributed by atoms with Crippen molar-refractivity contribution in [1.29, 1.82) is 0 Å². The summed E-state index contributed by atoms with van der Waals surface area (Å²) in [7, 11) is 0. The van der Waals surface area contributed by atoms with E-state index in [-0.39, 0.29) is 11.8 Å². The van der Waals surface area contributed by atoms with Crippen LogP contribution in [0, 0.1) is 0 Å². The highest BCUT2D eigenvalue weighted by Crippen LogP contribution is 2.31. The highest BCUT2D eigenvalue weighted by Gasteiger charge is 2.26. The number of nitrogens with zero attached hydrogens (tertiary/aromatic N) is 1. The molecule has 1 aliphatic rings. The summed E-state index contributed by atoms with van der Waals surface area (Å²) in [6, 6.07) is 6.88. The number of nitrogens with one attached hydrogen (secondary N) is 2. The van der Waals surface area contributed by atoms with Gasteiger partial charge in [-0.05, 0) is 31.5 Å². The largest absolute Gasteiger partial charge is 0.329 e. The zero-order chi connectivity index (χ0) is 14.0. The second-order valence-electron chi connectivity index (χ2n) is 4.30. The summed E-state index contributed by atoms with van der Waals surface area (Å²) in [4.78, 5) is 16.2. The van der Waals surface area contributed by atoms with Gasteiger partial charge in [0, 0.05) is 16.3 Å². The number of Topliss-reactive ketones (excluding diaryl/α,β-unsaturated/α-hetero) is 1. The minimum Gasteiger partial charge on any atom is -0.329 e. The molecular formula is C13H15ClN4O. The van der Waals surface area contributed by atoms with Crippen molar-refractivity contribution in [3.63, 3.8) is 0 Å². The number of rotatable bonds is 2. The van der Waals surface area contributed by atoms with Crippen LogP contribution in [0.2, 0.25) is 5.02 Å². The summed E-state index contributed by atoms with van der Waals surface area (Å²) < 4.78 is 0. The van der Waals surface area contributed by atoms with Gasteiger partial charge in [-0.15, -0.1) is 0 Å². The normalized spacial score (nSPS) is 18.7. The summed E-state index contributed by atoms with van der Waals surface area (Å²) in [6.45, 7) is 3.35. The van der Waals surface area contributed by atoms with E-state index >= 15 is 0 Å². The highest BCUT2D eigenvalue weighted by atomic mass is 35.5. The summed E-state index contributed by atoms with van der Waals surface area (Å²) in [5.41, 5.74) is 4.74. The Morgan fingerprint density at radius 1 is 1.42 bits per heavy atom. The van der Waals surface area contributed by atoms with Gasteiger partial charge in [-0.1, -0.05) is 23.7 Å². The Labute approximate surface area is 116 Å². The van der Waals surface area contributed by atoms with E-state index in [1.807, 2.05) is 19.1 Å². The van der Waals surface area contributed by atoms with E-state index in [1.165, 1.54) is 6.92 Å². The fourth-order valence-corrected chi connectivity index (χ4v) is 2.22. The number of aliphatic imine (C=N–C) groups is 1. The third kappa shape index (κ3) is 2.77.